The molecule has 0 aliphatic carbocycles. The SMILES string of the molecule is CC1(CCC#N)COc2cc(F)ccc2C1. The van der Waals surface area contributed by atoms with E-state index in [0.29, 0.717) is 18.8 Å². The van der Waals surface area contributed by atoms with Crippen LogP contribution in [-0.2, 0) is 6.42 Å². The van der Waals surface area contributed by atoms with Gasteiger partial charge in [0.25, 0.3) is 0 Å². The van der Waals surface area contributed by atoms with Crippen LogP contribution in [0.2, 0.25) is 0 Å². The molecule has 1 atom stereocenters. The maximum Gasteiger partial charge on any atom is 0.126 e. The number of fused-ring (bicyclic) bond motifs is 1. The van der Waals surface area contributed by atoms with Gasteiger partial charge in [0.2, 0.25) is 0 Å². The Hall–Kier alpha value is -1.56. The molecule has 2 nitrogen and oxygen atoms in total. The molecule has 0 fully saturated rings. The van der Waals surface area contributed by atoms with Crippen LogP contribution < -0.4 is 4.74 Å². The zero-order valence-electron chi connectivity index (χ0n) is 9.29. The number of benzene rings is 1. The summed E-state index contributed by atoms with van der Waals surface area (Å²) in [5, 5.41) is 8.60. The lowest BCUT2D eigenvalue weighted by Gasteiger charge is -2.34. The van der Waals surface area contributed by atoms with Gasteiger partial charge in [0.05, 0.1) is 12.7 Å². The summed E-state index contributed by atoms with van der Waals surface area (Å²) in [6, 6.07) is 6.82. The van der Waals surface area contributed by atoms with E-state index in [0.717, 1.165) is 18.4 Å². The van der Waals surface area contributed by atoms with E-state index < -0.39 is 0 Å². The van der Waals surface area contributed by atoms with E-state index in [1.165, 1.54) is 12.1 Å². The normalized spacial score (nSPS) is 23.1. The fraction of sp³-hybridized carbons (Fsp3) is 0.462. The molecule has 0 saturated carbocycles. The molecule has 1 unspecified atom stereocenters. The summed E-state index contributed by atoms with van der Waals surface area (Å²) < 4.78 is 18.5. The molecule has 0 radical (unpaired) electrons. The van der Waals surface area contributed by atoms with Crippen molar-refractivity contribution in [3.63, 3.8) is 0 Å². The second-order valence-electron chi connectivity index (χ2n) is 4.69. The van der Waals surface area contributed by atoms with Crippen LogP contribution >= 0.6 is 0 Å². The van der Waals surface area contributed by atoms with Crippen molar-refractivity contribution in [2.75, 3.05) is 6.61 Å². The quantitative estimate of drug-likeness (QED) is 0.765. The number of hydrogen-bond donors (Lipinski definition) is 0. The van der Waals surface area contributed by atoms with Crippen LogP contribution in [0.15, 0.2) is 18.2 Å². The molecule has 0 bridgehead atoms. The lowest BCUT2D eigenvalue weighted by molar-refractivity contribution is 0.128. The lowest BCUT2D eigenvalue weighted by atomic mass is 9.79. The second kappa shape index (κ2) is 4.13. The second-order valence-corrected chi connectivity index (χ2v) is 4.69. The molecule has 1 aromatic rings. The summed E-state index contributed by atoms with van der Waals surface area (Å²) in [7, 11) is 0. The molecule has 1 heterocycles. The van der Waals surface area contributed by atoms with E-state index >= 15 is 0 Å². The highest BCUT2D eigenvalue weighted by atomic mass is 19.1. The van der Waals surface area contributed by atoms with Gasteiger partial charge in [-0.3, -0.25) is 0 Å². The molecular weight excluding hydrogens is 205 g/mol. The highest BCUT2D eigenvalue weighted by molar-refractivity contribution is 5.36. The first-order valence-corrected chi connectivity index (χ1v) is 5.41. The van der Waals surface area contributed by atoms with Gasteiger partial charge >= 0.3 is 0 Å². The van der Waals surface area contributed by atoms with E-state index in [9.17, 15) is 4.39 Å². The average Bonchev–Trinajstić information content (AvgIpc) is 2.27. The Morgan fingerprint density at radius 2 is 2.38 bits per heavy atom. The standard InChI is InChI=1S/C13H14FNO/c1-13(5-2-6-15)8-10-3-4-11(14)7-12(10)16-9-13/h3-4,7H,2,5,8-9H2,1H3. The Balaban J connectivity index is 2.17. The van der Waals surface area contributed by atoms with E-state index in [1.807, 2.05) is 0 Å². The first-order chi connectivity index (χ1) is 7.63. The van der Waals surface area contributed by atoms with E-state index in [1.54, 1.807) is 6.07 Å². The van der Waals surface area contributed by atoms with Crippen LogP contribution in [-0.4, -0.2) is 6.61 Å². The minimum Gasteiger partial charge on any atom is -0.493 e. The van der Waals surface area contributed by atoms with Crippen molar-refractivity contribution in [2.24, 2.45) is 5.41 Å². The number of ether oxygens (including phenoxy) is 1. The molecule has 1 aliphatic rings. The summed E-state index contributed by atoms with van der Waals surface area (Å²) in [6.45, 7) is 2.67. The minimum absolute atomic E-state index is 0.000555. The van der Waals surface area contributed by atoms with Gasteiger partial charge in [-0.15, -0.1) is 0 Å². The molecule has 3 heteroatoms. The number of hydrogen-bond acceptors (Lipinski definition) is 2. The van der Waals surface area contributed by atoms with Crippen molar-refractivity contribution < 1.29 is 9.13 Å². The van der Waals surface area contributed by atoms with E-state index in [4.69, 9.17) is 10.00 Å². The topological polar surface area (TPSA) is 33.0 Å². The highest BCUT2D eigenvalue weighted by Gasteiger charge is 2.31. The maximum atomic E-state index is 13.0. The lowest BCUT2D eigenvalue weighted by Crippen LogP contribution is -2.31. The fourth-order valence-corrected chi connectivity index (χ4v) is 2.09. The van der Waals surface area contributed by atoms with Gasteiger partial charge in [-0.1, -0.05) is 13.0 Å². The fourth-order valence-electron chi connectivity index (χ4n) is 2.09. The first kappa shape index (κ1) is 10.9. The number of halogens is 1. The van der Waals surface area contributed by atoms with Crippen LogP contribution in [0.5, 0.6) is 5.75 Å². The van der Waals surface area contributed by atoms with Crippen molar-refractivity contribution >= 4 is 0 Å². The van der Waals surface area contributed by atoms with Crippen molar-refractivity contribution in [1.82, 2.24) is 0 Å². The van der Waals surface area contributed by atoms with Gasteiger partial charge in [0.1, 0.15) is 11.6 Å². The number of nitrogens with zero attached hydrogens (tertiary/aromatic N) is 1. The summed E-state index contributed by atoms with van der Waals surface area (Å²) >= 11 is 0. The third-order valence-electron chi connectivity index (χ3n) is 3.06. The predicted octanol–water partition coefficient (Wildman–Crippen LogP) is 3.07. The van der Waals surface area contributed by atoms with Crippen LogP contribution in [0.3, 0.4) is 0 Å². The molecule has 1 aliphatic heterocycles. The largest absolute Gasteiger partial charge is 0.493 e. The van der Waals surface area contributed by atoms with Crippen LogP contribution in [0.1, 0.15) is 25.3 Å². The number of nitriles is 1. The monoisotopic (exact) mass is 219 g/mol. The first-order valence-electron chi connectivity index (χ1n) is 5.41. The Kier molecular flexibility index (Phi) is 2.82. The molecule has 0 N–H and O–H groups in total. The Morgan fingerprint density at radius 3 is 3.12 bits per heavy atom. The van der Waals surface area contributed by atoms with Crippen molar-refractivity contribution in [2.45, 2.75) is 26.2 Å². The van der Waals surface area contributed by atoms with Crippen LogP contribution in [0.4, 0.5) is 4.39 Å². The van der Waals surface area contributed by atoms with Gasteiger partial charge in [-0.25, -0.2) is 4.39 Å². The maximum absolute atomic E-state index is 13.0. The zero-order chi connectivity index (χ0) is 11.6. The molecule has 84 valence electrons. The van der Waals surface area contributed by atoms with Gasteiger partial charge in [0.15, 0.2) is 0 Å². The van der Waals surface area contributed by atoms with Crippen molar-refractivity contribution in [1.29, 1.82) is 5.26 Å². The summed E-state index contributed by atoms with van der Waals surface area (Å²) in [5.41, 5.74) is 1.04. The number of rotatable bonds is 2. The Labute approximate surface area is 94.7 Å². The molecule has 0 aromatic heterocycles. The third-order valence-corrected chi connectivity index (χ3v) is 3.06. The summed E-state index contributed by atoms with van der Waals surface area (Å²) in [6.07, 6.45) is 2.21. The molecule has 1 aromatic carbocycles. The Morgan fingerprint density at radius 1 is 1.56 bits per heavy atom. The van der Waals surface area contributed by atoms with E-state index in [-0.39, 0.29) is 11.2 Å². The zero-order valence-corrected chi connectivity index (χ0v) is 9.29. The Bertz CT molecular complexity index is 438. The molecular formula is C13H14FNO. The van der Waals surface area contributed by atoms with Crippen molar-refractivity contribution in [3.8, 4) is 11.8 Å². The highest BCUT2D eigenvalue weighted by Crippen LogP contribution is 2.37. The summed E-state index contributed by atoms with van der Waals surface area (Å²) in [5.74, 6) is 0.383. The van der Waals surface area contributed by atoms with Gasteiger partial charge in [-0.2, -0.15) is 5.26 Å². The molecule has 16 heavy (non-hydrogen) atoms. The average molecular weight is 219 g/mol. The van der Waals surface area contributed by atoms with Gasteiger partial charge in [0, 0.05) is 17.9 Å². The minimum atomic E-state index is -0.264. The molecule has 2 rings (SSSR count). The van der Waals surface area contributed by atoms with Crippen LogP contribution in [0, 0.1) is 22.6 Å². The van der Waals surface area contributed by atoms with Crippen LogP contribution in [0.25, 0.3) is 0 Å². The predicted molar refractivity (Wildman–Crippen MR) is 58.6 cm³/mol. The molecule has 0 amide bonds. The molecule has 0 saturated heterocycles. The summed E-state index contributed by atoms with van der Waals surface area (Å²) in [4.78, 5) is 0. The van der Waals surface area contributed by atoms with Gasteiger partial charge < -0.3 is 4.74 Å². The van der Waals surface area contributed by atoms with Crippen molar-refractivity contribution in [3.05, 3.63) is 29.6 Å². The smallest absolute Gasteiger partial charge is 0.126 e. The van der Waals surface area contributed by atoms with E-state index in [2.05, 4.69) is 13.0 Å². The van der Waals surface area contributed by atoms with Gasteiger partial charge in [-0.05, 0) is 24.5 Å². The third kappa shape index (κ3) is 2.16. The molecule has 0 spiro atoms.